The van der Waals surface area contributed by atoms with Gasteiger partial charge in [-0.3, -0.25) is 0 Å². The molecule has 1 aliphatic rings. The second-order valence-electron chi connectivity index (χ2n) is 6.09. The van der Waals surface area contributed by atoms with Crippen LogP contribution < -0.4 is 5.32 Å². The van der Waals surface area contributed by atoms with Gasteiger partial charge in [0.1, 0.15) is 5.60 Å². The maximum absolute atomic E-state index is 12.1. The summed E-state index contributed by atoms with van der Waals surface area (Å²) in [6.45, 7) is 12.6. The lowest BCUT2D eigenvalue weighted by molar-refractivity contribution is 0.0162. The Kier molecular flexibility index (Phi) is 4.80. The van der Waals surface area contributed by atoms with Crippen LogP contribution in [0.15, 0.2) is 0 Å². The highest BCUT2D eigenvalue weighted by Gasteiger charge is 2.27. The molecule has 0 spiro atoms. The highest BCUT2D eigenvalue weighted by molar-refractivity contribution is 5.68. The Morgan fingerprint density at radius 1 is 1.47 bits per heavy atom. The van der Waals surface area contributed by atoms with Crippen molar-refractivity contribution < 1.29 is 9.53 Å². The number of rotatable bonds is 3. The minimum atomic E-state index is -0.419. The Bertz CT molecular complexity index is 253. The number of ether oxygens (including phenoxy) is 1. The summed E-state index contributed by atoms with van der Waals surface area (Å²) >= 11 is 0. The van der Waals surface area contributed by atoms with Crippen LogP contribution in [0, 0.1) is 5.92 Å². The lowest BCUT2D eigenvalue weighted by Crippen LogP contribution is -2.43. The third kappa shape index (κ3) is 4.94. The summed E-state index contributed by atoms with van der Waals surface area (Å²) < 4.78 is 5.44. The molecule has 4 nitrogen and oxygen atoms in total. The van der Waals surface area contributed by atoms with Gasteiger partial charge >= 0.3 is 6.09 Å². The van der Waals surface area contributed by atoms with Gasteiger partial charge in [0.25, 0.3) is 0 Å². The predicted molar refractivity (Wildman–Crippen MR) is 69.1 cm³/mol. The maximum Gasteiger partial charge on any atom is 0.410 e. The Labute approximate surface area is 105 Å². The van der Waals surface area contributed by atoms with Crippen LogP contribution in [0.2, 0.25) is 0 Å². The molecule has 0 aliphatic carbocycles. The van der Waals surface area contributed by atoms with Crippen LogP contribution in [-0.4, -0.2) is 42.3 Å². The van der Waals surface area contributed by atoms with E-state index in [1.54, 1.807) is 0 Å². The van der Waals surface area contributed by atoms with Crippen LogP contribution in [0.1, 0.15) is 41.0 Å². The molecular formula is C13H26N2O2. The largest absolute Gasteiger partial charge is 0.444 e. The number of hydrogen-bond acceptors (Lipinski definition) is 3. The smallest absolute Gasteiger partial charge is 0.410 e. The summed E-state index contributed by atoms with van der Waals surface area (Å²) in [6, 6.07) is 0.186. The van der Waals surface area contributed by atoms with Gasteiger partial charge in [0, 0.05) is 12.6 Å². The summed E-state index contributed by atoms with van der Waals surface area (Å²) in [5, 5.41) is 3.33. The minimum Gasteiger partial charge on any atom is -0.444 e. The third-order valence-corrected chi connectivity index (χ3v) is 2.87. The Morgan fingerprint density at radius 3 is 2.53 bits per heavy atom. The van der Waals surface area contributed by atoms with Gasteiger partial charge in [-0.05, 0) is 60.0 Å². The van der Waals surface area contributed by atoms with E-state index in [4.69, 9.17) is 4.74 Å². The second kappa shape index (κ2) is 5.71. The number of carbonyl (C=O) groups is 1. The van der Waals surface area contributed by atoms with Crippen LogP contribution in [-0.2, 0) is 4.74 Å². The molecule has 0 unspecified atom stereocenters. The van der Waals surface area contributed by atoms with Crippen LogP contribution in [0.5, 0.6) is 0 Å². The molecule has 0 aromatic carbocycles. The standard InChI is InChI=1S/C13H26N2O2/c1-10(2)15(9-11-6-7-14-8-11)12(16)17-13(3,4)5/h10-11,14H,6-9H2,1-5H3/t11-/m0/s1. The molecule has 0 aromatic heterocycles. The molecule has 1 heterocycles. The fourth-order valence-corrected chi connectivity index (χ4v) is 1.97. The Hall–Kier alpha value is -0.770. The van der Waals surface area contributed by atoms with Crippen molar-refractivity contribution in [3.8, 4) is 0 Å². The average Bonchev–Trinajstić information content (AvgIpc) is 2.62. The SMILES string of the molecule is CC(C)N(C[C@H]1CCNC1)C(=O)OC(C)(C)C. The normalized spacial score (nSPS) is 20.7. The maximum atomic E-state index is 12.1. The lowest BCUT2D eigenvalue weighted by atomic mass is 10.1. The van der Waals surface area contributed by atoms with Crippen molar-refractivity contribution in [2.24, 2.45) is 5.92 Å². The third-order valence-electron chi connectivity index (χ3n) is 2.87. The summed E-state index contributed by atoms with van der Waals surface area (Å²) in [4.78, 5) is 13.9. The first-order valence-corrected chi connectivity index (χ1v) is 6.50. The van der Waals surface area contributed by atoms with Gasteiger partial charge in [-0.25, -0.2) is 4.79 Å². The van der Waals surface area contributed by atoms with Crippen LogP contribution >= 0.6 is 0 Å². The van der Waals surface area contributed by atoms with Crippen molar-refractivity contribution in [3.63, 3.8) is 0 Å². The number of nitrogens with zero attached hydrogens (tertiary/aromatic N) is 1. The minimum absolute atomic E-state index is 0.186. The summed E-state index contributed by atoms with van der Waals surface area (Å²) in [5.41, 5.74) is -0.419. The van der Waals surface area contributed by atoms with E-state index in [1.165, 1.54) is 0 Å². The second-order valence-corrected chi connectivity index (χ2v) is 6.09. The van der Waals surface area contributed by atoms with E-state index >= 15 is 0 Å². The molecule has 1 N–H and O–H groups in total. The molecule has 1 saturated heterocycles. The first kappa shape index (κ1) is 14.3. The molecule has 0 saturated carbocycles. The van der Waals surface area contributed by atoms with Gasteiger partial charge in [-0.1, -0.05) is 0 Å². The van der Waals surface area contributed by atoms with Crippen LogP contribution in [0.25, 0.3) is 0 Å². The van der Waals surface area contributed by atoms with E-state index in [9.17, 15) is 4.79 Å². The molecule has 1 amide bonds. The van der Waals surface area contributed by atoms with Crippen molar-refractivity contribution in [2.75, 3.05) is 19.6 Å². The molecule has 1 rings (SSSR count). The van der Waals surface area contributed by atoms with Gasteiger partial charge in [0.2, 0.25) is 0 Å². The molecule has 0 bridgehead atoms. The van der Waals surface area contributed by atoms with E-state index in [0.29, 0.717) is 5.92 Å². The molecule has 1 atom stereocenters. The van der Waals surface area contributed by atoms with E-state index in [-0.39, 0.29) is 12.1 Å². The van der Waals surface area contributed by atoms with Crippen molar-refractivity contribution >= 4 is 6.09 Å². The quantitative estimate of drug-likeness (QED) is 0.825. The van der Waals surface area contributed by atoms with Crippen LogP contribution in [0.4, 0.5) is 4.79 Å². The topological polar surface area (TPSA) is 41.6 Å². The van der Waals surface area contributed by atoms with Crippen molar-refractivity contribution in [1.29, 1.82) is 0 Å². The predicted octanol–water partition coefficient (Wildman–Crippen LogP) is 2.24. The van der Waals surface area contributed by atoms with Gasteiger partial charge in [0.15, 0.2) is 0 Å². The van der Waals surface area contributed by atoms with Gasteiger partial charge in [0.05, 0.1) is 0 Å². The van der Waals surface area contributed by atoms with E-state index in [1.807, 2.05) is 39.5 Å². The summed E-state index contributed by atoms with van der Waals surface area (Å²) in [7, 11) is 0. The number of amides is 1. The first-order chi connectivity index (χ1) is 7.79. The van der Waals surface area contributed by atoms with Gasteiger partial charge < -0.3 is 15.0 Å². The van der Waals surface area contributed by atoms with E-state index in [2.05, 4.69) is 5.32 Å². The van der Waals surface area contributed by atoms with Crippen LogP contribution in [0.3, 0.4) is 0 Å². The zero-order valence-electron chi connectivity index (χ0n) is 11.7. The average molecular weight is 242 g/mol. The van der Waals surface area contributed by atoms with Crippen molar-refractivity contribution in [2.45, 2.75) is 52.7 Å². The lowest BCUT2D eigenvalue weighted by Gasteiger charge is -2.31. The van der Waals surface area contributed by atoms with Crippen molar-refractivity contribution in [3.05, 3.63) is 0 Å². The molecule has 100 valence electrons. The van der Waals surface area contributed by atoms with Gasteiger partial charge in [-0.2, -0.15) is 0 Å². The fraction of sp³-hybridized carbons (Fsp3) is 0.923. The zero-order valence-corrected chi connectivity index (χ0v) is 11.7. The monoisotopic (exact) mass is 242 g/mol. The number of hydrogen-bond donors (Lipinski definition) is 1. The molecule has 1 fully saturated rings. The first-order valence-electron chi connectivity index (χ1n) is 6.50. The van der Waals surface area contributed by atoms with E-state index < -0.39 is 5.60 Å². The highest BCUT2D eigenvalue weighted by atomic mass is 16.6. The number of carbonyl (C=O) groups excluding carboxylic acids is 1. The molecule has 17 heavy (non-hydrogen) atoms. The Balaban J connectivity index is 2.55. The molecule has 0 radical (unpaired) electrons. The highest BCUT2D eigenvalue weighted by Crippen LogP contribution is 2.16. The van der Waals surface area contributed by atoms with E-state index in [0.717, 1.165) is 26.1 Å². The summed E-state index contributed by atoms with van der Waals surface area (Å²) in [6.07, 6.45) is 0.950. The zero-order chi connectivity index (χ0) is 13.1. The van der Waals surface area contributed by atoms with Crippen molar-refractivity contribution in [1.82, 2.24) is 10.2 Å². The molecular weight excluding hydrogens is 216 g/mol. The number of nitrogens with one attached hydrogen (secondary N) is 1. The Morgan fingerprint density at radius 2 is 2.12 bits per heavy atom. The molecule has 4 heteroatoms. The van der Waals surface area contributed by atoms with Gasteiger partial charge in [-0.15, -0.1) is 0 Å². The molecule has 0 aromatic rings. The summed E-state index contributed by atoms with van der Waals surface area (Å²) in [5.74, 6) is 0.560. The fourth-order valence-electron chi connectivity index (χ4n) is 1.97. The molecule has 1 aliphatic heterocycles.